The van der Waals surface area contributed by atoms with Crippen LogP contribution in [0.4, 0.5) is 0 Å². The molecule has 0 saturated heterocycles. The molecule has 1 N–H and O–H groups in total. The zero-order valence-electron chi connectivity index (χ0n) is 8.32. The van der Waals surface area contributed by atoms with Gasteiger partial charge in [0.05, 0.1) is 11.3 Å². The van der Waals surface area contributed by atoms with Crippen molar-refractivity contribution >= 4 is 0 Å². The van der Waals surface area contributed by atoms with Gasteiger partial charge in [-0.1, -0.05) is 19.3 Å². The number of nitrogens with zero attached hydrogens (tertiary/aromatic N) is 2. The van der Waals surface area contributed by atoms with Gasteiger partial charge in [0.25, 0.3) is 0 Å². The largest absolute Gasteiger partial charge is 0.389 e. The quantitative estimate of drug-likeness (QED) is 0.776. The zero-order chi connectivity index (χ0) is 9.86. The Morgan fingerprint density at radius 2 is 2.00 bits per heavy atom. The molecule has 3 heteroatoms. The summed E-state index contributed by atoms with van der Waals surface area (Å²) in [5.41, 5.74) is 0.380. The third-order valence-corrected chi connectivity index (χ3v) is 2.91. The minimum atomic E-state index is -0.520. The highest BCUT2D eigenvalue weighted by atomic mass is 16.3. The molecule has 0 atom stereocenters. The van der Waals surface area contributed by atoms with E-state index < -0.39 is 5.60 Å². The summed E-state index contributed by atoms with van der Waals surface area (Å²) in [5, 5.41) is 10.3. The van der Waals surface area contributed by atoms with Gasteiger partial charge in [-0.2, -0.15) is 0 Å². The van der Waals surface area contributed by atoms with E-state index in [0.29, 0.717) is 6.42 Å². The van der Waals surface area contributed by atoms with Gasteiger partial charge in [-0.15, -0.1) is 0 Å². The molecule has 0 aromatic carbocycles. The van der Waals surface area contributed by atoms with Crippen LogP contribution in [-0.2, 0) is 6.42 Å². The Bertz CT molecular complexity index is 281. The van der Waals surface area contributed by atoms with E-state index in [4.69, 9.17) is 0 Å². The highest BCUT2D eigenvalue weighted by Crippen LogP contribution is 2.30. The van der Waals surface area contributed by atoms with Crippen LogP contribution in [0.1, 0.15) is 37.8 Å². The van der Waals surface area contributed by atoms with Crippen molar-refractivity contribution in [2.45, 2.75) is 44.1 Å². The van der Waals surface area contributed by atoms with Crippen molar-refractivity contribution in [1.29, 1.82) is 0 Å². The smallest absolute Gasteiger partial charge is 0.0703 e. The molecule has 0 amide bonds. The standard InChI is InChI=1S/C11H16N2O/c14-11(4-2-1-3-5-11)8-10-9-12-6-7-13-10/h6-7,9,14H,1-5,8H2. The van der Waals surface area contributed by atoms with Crippen LogP contribution < -0.4 is 0 Å². The summed E-state index contributed by atoms with van der Waals surface area (Å²) in [7, 11) is 0. The number of hydrogen-bond donors (Lipinski definition) is 1. The van der Waals surface area contributed by atoms with Gasteiger partial charge in [-0.05, 0) is 12.8 Å². The van der Waals surface area contributed by atoms with Crippen molar-refractivity contribution in [1.82, 2.24) is 9.97 Å². The van der Waals surface area contributed by atoms with E-state index in [-0.39, 0.29) is 0 Å². The lowest BCUT2D eigenvalue weighted by Crippen LogP contribution is -2.34. The summed E-state index contributed by atoms with van der Waals surface area (Å²) in [6, 6.07) is 0. The van der Waals surface area contributed by atoms with Crippen molar-refractivity contribution in [3.05, 3.63) is 24.3 Å². The van der Waals surface area contributed by atoms with E-state index in [0.717, 1.165) is 31.4 Å². The Morgan fingerprint density at radius 3 is 2.64 bits per heavy atom. The molecule has 0 bridgehead atoms. The molecule has 0 radical (unpaired) electrons. The average Bonchev–Trinajstić information content (AvgIpc) is 2.19. The first-order valence-electron chi connectivity index (χ1n) is 5.26. The minimum Gasteiger partial charge on any atom is -0.389 e. The lowest BCUT2D eigenvalue weighted by Gasteiger charge is -2.31. The maximum atomic E-state index is 10.3. The summed E-state index contributed by atoms with van der Waals surface area (Å²) >= 11 is 0. The van der Waals surface area contributed by atoms with Crippen molar-refractivity contribution < 1.29 is 5.11 Å². The van der Waals surface area contributed by atoms with Crippen molar-refractivity contribution in [2.75, 3.05) is 0 Å². The second-order valence-corrected chi connectivity index (χ2v) is 4.16. The highest BCUT2D eigenvalue weighted by molar-refractivity contribution is 5.01. The third-order valence-electron chi connectivity index (χ3n) is 2.91. The van der Waals surface area contributed by atoms with Crippen molar-refractivity contribution in [3.63, 3.8) is 0 Å². The third kappa shape index (κ3) is 2.29. The molecule has 1 aromatic rings. The molecule has 0 aliphatic heterocycles. The second-order valence-electron chi connectivity index (χ2n) is 4.16. The fraction of sp³-hybridized carbons (Fsp3) is 0.636. The van der Waals surface area contributed by atoms with Crippen LogP contribution in [0.2, 0.25) is 0 Å². The van der Waals surface area contributed by atoms with Crippen LogP contribution in [0, 0.1) is 0 Å². The monoisotopic (exact) mass is 192 g/mol. The Labute approximate surface area is 84.2 Å². The molecule has 1 saturated carbocycles. The van der Waals surface area contributed by atoms with Crippen LogP contribution >= 0.6 is 0 Å². The van der Waals surface area contributed by atoms with Gasteiger partial charge in [0.1, 0.15) is 0 Å². The van der Waals surface area contributed by atoms with Gasteiger partial charge in [0.2, 0.25) is 0 Å². The fourth-order valence-electron chi connectivity index (χ4n) is 2.15. The molecule has 1 heterocycles. The van der Waals surface area contributed by atoms with E-state index >= 15 is 0 Å². The van der Waals surface area contributed by atoms with Gasteiger partial charge >= 0.3 is 0 Å². The van der Waals surface area contributed by atoms with E-state index in [1.165, 1.54) is 6.42 Å². The SMILES string of the molecule is OC1(Cc2cnccn2)CCCCC1. The maximum absolute atomic E-state index is 10.3. The first kappa shape index (κ1) is 9.59. The Morgan fingerprint density at radius 1 is 1.21 bits per heavy atom. The van der Waals surface area contributed by atoms with E-state index in [1.807, 2.05) is 0 Å². The van der Waals surface area contributed by atoms with Crippen LogP contribution in [0.3, 0.4) is 0 Å². The summed E-state index contributed by atoms with van der Waals surface area (Å²) < 4.78 is 0. The first-order chi connectivity index (χ1) is 6.79. The zero-order valence-corrected chi connectivity index (χ0v) is 8.32. The van der Waals surface area contributed by atoms with Crippen LogP contribution in [0.25, 0.3) is 0 Å². The molecule has 76 valence electrons. The van der Waals surface area contributed by atoms with Crippen molar-refractivity contribution in [2.24, 2.45) is 0 Å². The first-order valence-corrected chi connectivity index (χ1v) is 5.26. The molecule has 0 spiro atoms. The molecule has 1 aromatic heterocycles. The molecule has 1 aliphatic rings. The molecule has 2 rings (SSSR count). The second kappa shape index (κ2) is 4.05. The molecule has 14 heavy (non-hydrogen) atoms. The Kier molecular flexibility index (Phi) is 2.77. The topological polar surface area (TPSA) is 46.0 Å². The highest BCUT2D eigenvalue weighted by Gasteiger charge is 2.29. The normalized spacial score (nSPS) is 20.6. The average molecular weight is 192 g/mol. The van der Waals surface area contributed by atoms with Crippen molar-refractivity contribution in [3.8, 4) is 0 Å². The van der Waals surface area contributed by atoms with E-state index in [2.05, 4.69) is 9.97 Å². The molecule has 1 aliphatic carbocycles. The Balaban J connectivity index is 2.02. The van der Waals surface area contributed by atoms with E-state index in [9.17, 15) is 5.11 Å². The number of hydrogen-bond acceptors (Lipinski definition) is 3. The Hall–Kier alpha value is -0.960. The van der Waals surface area contributed by atoms with Gasteiger partial charge in [-0.25, -0.2) is 0 Å². The van der Waals surface area contributed by atoms with Gasteiger partial charge in [-0.3, -0.25) is 9.97 Å². The maximum Gasteiger partial charge on any atom is 0.0703 e. The van der Waals surface area contributed by atoms with Crippen LogP contribution in [0.15, 0.2) is 18.6 Å². The fourth-order valence-corrected chi connectivity index (χ4v) is 2.15. The molecular formula is C11H16N2O. The molecule has 3 nitrogen and oxygen atoms in total. The number of rotatable bonds is 2. The van der Waals surface area contributed by atoms with Gasteiger partial charge in [0, 0.05) is 25.0 Å². The summed E-state index contributed by atoms with van der Waals surface area (Å²) in [6.45, 7) is 0. The number of aliphatic hydroxyl groups is 1. The summed E-state index contributed by atoms with van der Waals surface area (Å²) in [6.07, 6.45) is 11.1. The van der Waals surface area contributed by atoms with E-state index in [1.54, 1.807) is 18.6 Å². The lowest BCUT2D eigenvalue weighted by atomic mass is 9.82. The summed E-state index contributed by atoms with van der Waals surface area (Å²) in [5.74, 6) is 0. The predicted molar refractivity (Wildman–Crippen MR) is 53.8 cm³/mol. The predicted octanol–water partition coefficient (Wildman–Crippen LogP) is 1.71. The summed E-state index contributed by atoms with van der Waals surface area (Å²) in [4.78, 5) is 8.20. The number of aromatic nitrogens is 2. The van der Waals surface area contributed by atoms with Crippen LogP contribution in [0.5, 0.6) is 0 Å². The molecule has 1 fully saturated rings. The molecular weight excluding hydrogens is 176 g/mol. The minimum absolute atomic E-state index is 0.520. The lowest BCUT2D eigenvalue weighted by molar-refractivity contribution is 0.00360. The van der Waals surface area contributed by atoms with Gasteiger partial charge < -0.3 is 5.11 Å². The van der Waals surface area contributed by atoms with Crippen LogP contribution in [-0.4, -0.2) is 20.7 Å². The molecule has 0 unspecified atom stereocenters. The van der Waals surface area contributed by atoms with Gasteiger partial charge in [0.15, 0.2) is 0 Å².